The second kappa shape index (κ2) is 8.15. The van der Waals surface area contributed by atoms with Crippen LogP contribution in [0.1, 0.15) is 44.4 Å². The van der Waals surface area contributed by atoms with Crippen LogP contribution in [0.5, 0.6) is 0 Å². The van der Waals surface area contributed by atoms with Crippen LogP contribution in [-0.2, 0) is 4.79 Å². The van der Waals surface area contributed by atoms with Crippen LogP contribution in [0.3, 0.4) is 0 Å². The highest BCUT2D eigenvalue weighted by Gasteiger charge is 2.25. The predicted molar refractivity (Wildman–Crippen MR) is 85.8 cm³/mol. The number of amides is 1. The lowest BCUT2D eigenvalue weighted by molar-refractivity contribution is -0.135. The van der Waals surface area contributed by atoms with E-state index in [1.807, 2.05) is 52.0 Å². The summed E-state index contributed by atoms with van der Waals surface area (Å²) in [6, 6.07) is 7.21. The Morgan fingerprint density at radius 1 is 1.29 bits per heavy atom. The van der Waals surface area contributed by atoms with E-state index in [4.69, 9.17) is 5.73 Å². The zero-order valence-corrected chi connectivity index (χ0v) is 13.5. The number of carbonyl (C=O) groups is 1. The molecular formula is C17H28N2O2. The van der Waals surface area contributed by atoms with Gasteiger partial charge in [-0.2, -0.15) is 0 Å². The maximum absolute atomic E-state index is 12.4. The molecule has 4 heteroatoms. The first kappa shape index (κ1) is 17.7. The fourth-order valence-electron chi connectivity index (χ4n) is 2.19. The van der Waals surface area contributed by atoms with E-state index < -0.39 is 12.1 Å². The molecule has 0 saturated carbocycles. The molecule has 0 fully saturated rings. The average Bonchev–Trinajstić information content (AvgIpc) is 2.50. The Balaban J connectivity index is 2.72. The van der Waals surface area contributed by atoms with Gasteiger partial charge in [-0.05, 0) is 25.3 Å². The van der Waals surface area contributed by atoms with Crippen molar-refractivity contribution in [2.75, 3.05) is 13.1 Å². The van der Waals surface area contributed by atoms with Gasteiger partial charge in [0.2, 0.25) is 5.91 Å². The van der Waals surface area contributed by atoms with Crippen LogP contribution in [0, 0.1) is 12.8 Å². The number of hydrogen-bond donors (Lipinski definition) is 2. The van der Waals surface area contributed by atoms with Crippen molar-refractivity contribution in [3.63, 3.8) is 0 Å². The molecule has 0 aliphatic rings. The van der Waals surface area contributed by atoms with Crippen molar-refractivity contribution < 1.29 is 9.90 Å². The lowest BCUT2D eigenvalue weighted by Gasteiger charge is -2.29. The molecule has 1 amide bonds. The van der Waals surface area contributed by atoms with Crippen molar-refractivity contribution >= 4 is 5.91 Å². The van der Waals surface area contributed by atoms with Crippen LogP contribution >= 0.6 is 0 Å². The Labute approximate surface area is 128 Å². The van der Waals surface area contributed by atoms with Crippen molar-refractivity contribution in [1.29, 1.82) is 0 Å². The number of aryl methyl sites for hydroxylation is 1. The predicted octanol–water partition coefficient (Wildman–Crippen LogP) is 2.25. The summed E-state index contributed by atoms with van der Waals surface area (Å²) in [5.74, 6) is 0.0566. The summed E-state index contributed by atoms with van der Waals surface area (Å²) in [4.78, 5) is 14.0. The van der Waals surface area contributed by atoms with Crippen molar-refractivity contribution in [3.05, 3.63) is 35.4 Å². The fraction of sp³-hybridized carbons (Fsp3) is 0.588. The number of hydrogen-bond acceptors (Lipinski definition) is 3. The van der Waals surface area contributed by atoms with Gasteiger partial charge in [-0.1, -0.05) is 50.1 Å². The smallest absolute Gasteiger partial charge is 0.239 e. The molecule has 0 radical (unpaired) electrons. The van der Waals surface area contributed by atoms with Gasteiger partial charge in [0.25, 0.3) is 0 Å². The Hall–Kier alpha value is -1.39. The maximum atomic E-state index is 12.4. The first-order valence-electron chi connectivity index (χ1n) is 7.69. The third kappa shape index (κ3) is 4.83. The minimum atomic E-state index is -0.682. The van der Waals surface area contributed by atoms with E-state index in [9.17, 15) is 9.90 Å². The summed E-state index contributed by atoms with van der Waals surface area (Å²) >= 11 is 0. The lowest BCUT2D eigenvalue weighted by Crippen LogP contribution is -2.48. The van der Waals surface area contributed by atoms with E-state index in [2.05, 4.69) is 0 Å². The number of likely N-dealkylation sites (N-methyl/N-ethyl adjacent to an activating group) is 1. The Morgan fingerprint density at radius 2 is 1.86 bits per heavy atom. The summed E-state index contributed by atoms with van der Waals surface area (Å²) in [6.45, 7) is 8.74. The van der Waals surface area contributed by atoms with Crippen LogP contribution < -0.4 is 5.73 Å². The number of aliphatic hydroxyl groups is 1. The molecule has 0 aliphatic heterocycles. The van der Waals surface area contributed by atoms with Gasteiger partial charge in [-0.15, -0.1) is 0 Å². The normalized spacial score (nSPS) is 15.3. The van der Waals surface area contributed by atoms with Gasteiger partial charge < -0.3 is 15.7 Å². The zero-order chi connectivity index (χ0) is 16.0. The van der Waals surface area contributed by atoms with Gasteiger partial charge in [0.15, 0.2) is 0 Å². The lowest BCUT2D eigenvalue weighted by atomic mass is 9.98. The van der Waals surface area contributed by atoms with E-state index in [0.717, 1.165) is 17.5 Å². The molecule has 0 saturated heterocycles. The van der Waals surface area contributed by atoms with Crippen LogP contribution in [0.2, 0.25) is 0 Å². The first-order chi connectivity index (χ1) is 9.90. The monoisotopic (exact) mass is 292 g/mol. The SMILES string of the molecule is CCC(C)C(N)C(=O)N(CC)CC(O)c1ccc(C)cc1. The molecule has 0 aliphatic carbocycles. The topological polar surface area (TPSA) is 66.6 Å². The molecular weight excluding hydrogens is 264 g/mol. The summed E-state index contributed by atoms with van der Waals surface area (Å²) in [7, 11) is 0. The average molecular weight is 292 g/mol. The van der Waals surface area contributed by atoms with Gasteiger partial charge in [-0.25, -0.2) is 0 Å². The number of aliphatic hydroxyl groups excluding tert-OH is 1. The van der Waals surface area contributed by atoms with Gasteiger partial charge in [0.05, 0.1) is 18.7 Å². The third-order valence-electron chi connectivity index (χ3n) is 4.09. The second-order valence-corrected chi connectivity index (χ2v) is 5.71. The first-order valence-corrected chi connectivity index (χ1v) is 7.69. The summed E-state index contributed by atoms with van der Waals surface area (Å²) in [6.07, 6.45) is 0.184. The van der Waals surface area contributed by atoms with E-state index in [-0.39, 0.29) is 18.4 Å². The molecule has 1 rings (SSSR count). The number of carbonyl (C=O) groups excluding carboxylic acids is 1. The molecule has 4 nitrogen and oxygen atoms in total. The number of nitrogens with zero attached hydrogens (tertiary/aromatic N) is 1. The molecule has 0 heterocycles. The highest BCUT2D eigenvalue weighted by molar-refractivity contribution is 5.82. The van der Waals surface area contributed by atoms with Crippen molar-refractivity contribution in [3.8, 4) is 0 Å². The minimum Gasteiger partial charge on any atom is -0.387 e. The summed E-state index contributed by atoms with van der Waals surface area (Å²) in [5, 5.41) is 10.3. The van der Waals surface area contributed by atoms with Crippen molar-refractivity contribution in [2.24, 2.45) is 11.7 Å². The zero-order valence-electron chi connectivity index (χ0n) is 13.5. The molecule has 118 valence electrons. The van der Waals surface area contributed by atoms with Gasteiger partial charge >= 0.3 is 0 Å². The van der Waals surface area contributed by atoms with Gasteiger partial charge in [0, 0.05) is 6.54 Å². The fourth-order valence-corrected chi connectivity index (χ4v) is 2.19. The Morgan fingerprint density at radius 3 is 2.33 bits per heavy atom. The second-order valence-electron chi connectivity index (χ2n) is 5.71. The molecule has 3 atom stereocenters. The third-order valence-corrected chi connectivity index (χ3v) is 4.09. The highest BCUT2D eigenvalue weighted by Crippen LogP contribution is 2.16. The summed E-state index contributed by atoms with van der Waals surface area (Å²) < 4.78 is 0. The van der Waals surface area contributed by atoms with E-state index in [1.54, 1.807) is 4.90 Å². The van der Waals surface area contributed by atoms with E-state index in [1.165, 1.54) is 0 Å². The molecule has 1 aromatic rings. The molecule has 21 heavy (non-hydrogen) atoms. The van der Waals surface area contributed by atoms with Crippen molar-refractivity contribution in [2.45, 2.75) is 46.3 Å². The largest absolute Gasteiger partial charge is 0.387 e. The molecule has 0 aromatic heterocycles. The van der Waals surface area contributed by atoms with Crippen LogP contribution in [0.4, 0.5) is 0 Å². The van der Waals surface area contributed by atoms with Crippen LogP contribution in [0.25, 0.3) is 0 Å². The Kier molecular flexibility index (Phi) is 6.85. The number of nitrogens with two attached hydrogens (primary N) is 1. The van der Waals surface area contributed by atoms with Crippen LogP contribution in [0.15, 0.2) is 24.3 Å². The van der Waals surface area contributed by atoms with Crippen LogP contribution in [-0.4, -0.2) is 35.0 Å². The van der Waals surface area contributed by atoms with Gasteiger partial charge in [0.1, 0.15) is 0 Å². The molecule has 1 aromatic carbocycles. The van der Waals surface area contributed by atoms with E-state index >= 15 is 0 Å². The molecule has 3 unspecified atom stereocenters. The Bertz CT molecular complexity index is 445. The number of benzene rings is 1. The van der Waals surface area contributed by atoms with Crippen molar-refractivity contribution in [1.82, 2.24) is 4.90 Å². The quantitative estimate of drug-likeness (QED) is 0.810. The molecule has 3 N–H and O–H groups in total. The number of rotatable bonds is 7. The minimum absolute atomic E-state index is 0.0852. The van der Waals surface area contributed by atoms with E-state index in [0.29, 0.717) is 6.54 Å². The molecule has 0 bridgehead atoms. The van der Waals surface area contributed by atoms with Gasteiger partial charge in [-0.3, -0.25) is 4.79 Å². The highest BCUT2D eigenvalue weighted by atomic mass is 16.3. The maximum Gasteiger partial charge on any atom is 0.239 e. The molecule has 0 spiro atoms. The summed E-state index contributed by atoms with van der Waals surface area (Å²) in [5.41, 5.74) is 7.98. The standard InChI is InChI=1S/C17H28N2O2/c1-5-13(4)16(18)17(21)19(6-2)11-15(20)14-9-7-12(3)8-10-14/h7-10,13,15-16,20H,5-6,11,18H2,1-4H3.